The van der Waals surface area contributed by atoms with Crippen LogP contribution in [0, 0.1) is 63.1 Å². The molecule has 12 heteroatoms. The summed E-state index contributed by atoms with van der Waals surface area (Å²) in [5, 5.41) is 28.6. The molecule has 2 aliphatic heterocycles. The normalized spacial score (nSPS) is 11.6. The predicted molar refractivity (Wildman–Crippen MR) is 215 cm³/mol. The molecule has 280 valence electrons. The Morgan fingerprint density at radius 1 is 0.339 bits per heavy atom. The van der Waals surface area contributed by atoms with E-state index in [1.807, 2.05) is 30.3 Å². The van der Waals surface area contributed by atoms with Gasteiger partial charge in [-0.3, -0.25) is 0 Å². The lowest BCUT2D eigenvalue weighted by Crippen LogP contribution is -2.05. The van der Waals surface area contributed by atoms with Crippen molar-refractivity contribution in [1.29, 1.82) is 15.8 Å². The third kappa shape index (κ3) is 6.11. The molecule has 3 aromatic heterocycles. The van der Waals surface area contributed by atoms with E-state index >= 15 is 8.78 Å². The number of nitriles is 3. The Balaban J connectivity index is 1.49. The summed E-state index contributed by atoms with van der Waals surface area (Å²) in [6, 6.07) is 33.4. The summed E-state index contributed by atoms with van der Waals surface area (Å²) >= 11 is 0. The highest BCUT2D eigenvalue weighted by Gasteiger charge is 2.30. The number of nitrogens with zero attached hydrogens (tertiary/aromatic N) is 5. The van der Waals surface area contributed by atoms with E-state index < -0.39 is 40.2 Å². The molecule has 5 heterocycles. The molecule has 7 aromatic rings. The lowest BCUT2D eigenvalue weighted by molar-refractivity contribution is 0.381. The number of rotatable bonds is 4. The minimum atomic E-state index is -2.30. The van der Waals surface area contributed by atoms with Crippen molar-refractivity contribution < 1.29 is 22.0 Å². The first-order chi connectivity index (χ1) is 28.7. The number of H-pyrrole nitrogens is 2. The molecule has 0 unspecified atom stereocenters. The topological polar surface area (TPSA) is 129 Å². The van der Waals surface area contributed by atoms with Crippen molar-refractivity contribution in [2.24, 2.45) is 0 Å². The molecule has 7 nitrogen and oxygen atoms in total. The third-order valence-electron chi connectivity index (χ3n) is 10.1. The highest BCUT2D eigenvalue weighted by atomic mass is 19.2. The van der Waals surface area contributed by atoms with Crippen LogP contribution in [0.4, 0.5) is 22.0 Å². The maximum Gasteiger partial charge on any atom is 0.200 e. The monoisotopic (exact) mass is 779 g/mol. The van der Waals surface area contributed by atoms with E-state index in [1.54, 1.807) is 78.9 Å². The average Bonchev–Trinajstić information content (AvgIpc) is 4.12. The summed E-state index contributed by atoms with van der Waals surface area (Å²) < 4.78 is 76.1. The van der Waals surface area contributed by atoms with E-state index in [2.05, 4.69) is 28.2 Å². The molecule has 0 spiro atoms. The summed E-state index contributed by atoms with van der Waals surface area (Å²) in [4.78, 5) is 16.5. The number of hydrogen-bond acceptors (Lipinski definition) is 5. The number of aromatic nitrogens is 4. The summed E-state index contributed by atoms with van der Waals surface area (Å²) in [6.07, 6.45) is 6.60. The average molecular weight is 780 g/mol. The Morgan fingerprint density at radius 3 is 0.915 bits per heavy atom. The van der Waals surface area contributed by atoms with Gasteiger partial charge in [0.05, 0.1) is 63.2 Å². The van der Waals surface area contributed by atoms with Crippen molar-refractivity contribution in [3.8, 4) is 62.7 Å². The van der Waals surface area contributed by atoms with Crippen LogP contribution in [0.5, 0.6) is 0 Å². The zero-order valence-electron chi connectivity index (χ0n) is 30.2. The van der Waals surface area contributed by atoms with Crippen molar-refractivity contribution in [3.05, 3.63) is 166 Å². The van der Waals surface area contributed by atoms with Crippen molar-refractivity contribution in [2.45, 2.75) is 0 Å². The maximum atomic E-state index is 15.9. The molecule has 0 radical (unpaired) electrons. The largest absolute Gasteiger partial charge is 0.354 e. The Hall–Kier alpha value is -8.40. The van der Waals surface area contributed by atoms with Gasteiger partial charge in [0.1, 0.15) is 0 Å². The van der Waals surface area contributed by atoms with Crippen LogP contribution in [0.25, 0.3) is 90.9 Å². The molecule has 2 N–H and O–H groups in total. The van der Waals surface area contributed by atoms with Gasteiger partial charge >= 0.3 is 0 Å². The van der Waals surface area contributed by atoms with Gasteiger partial charge in [0, 0.05) is 44.3 Å². The molecule has 9 rings (SSSR count). The molecule has 0 atom stereocenters. The van der Waals surface area contributed by atoms with E-state index in [4.69, 9.17) is 9.97 Å². The van der Waals surface area contributed by atoms with Gasteiger partial charge in [0.15, 0.2) is 23.3 Å². The smallest absolute Gasteiger partial charge is 0.200 e. The van der Waals surface area contributed by atoms with Crippen LogP contribution in [0.1, 0.15) is 39.5 Å². The summed E-state index contributed by atoms with van der Waals surface area (Å²) in [6.45, 7) is 0. The highest BCUT2D eigenvalue weighted by Crippen LogP contribution is 2.41. The van der Waals surface area contributed by atoms with Gasteiger partial charge in [0.2, 0.25) is 5.82 Å². The second kappa shape index (κ2) is 14.3. The van der Waals surface area contributed by atoms with Crippen LogP contribution >= 0.6 is 0 Å². The van der Waals surface area contributed by atoms with Crippen LogP contribution in [0.2, 0.25) is 0 Å². The fourth-order valence-electron chi connectivity index (χ4n) is 7.34. The van der Waals surface area contributed by atoms with Crippen molar-refractivity contribution in [1.82, 2.24) is 19.9 Å². The van der Waals surface area contributed by atoms with Crippen LogP contribution in [-0.4, -0.2) is 19.9 Å². The molecule has 0 saturated carbocycles. The third-order valence-corrected chi connectivity index (χ3v) is 10.1. The number of halogens is 5. The van der Waals surface area contributed by atoms with E-state index in [-0.39, 0.29) is 16.9 Å². The zero-order valence-corrected chi connectivity index (χ0v) is 30.2. The van der Waals surface area contributed by atoms with Crippen molar-refractivity contribution >= 4 is 46.4 Å². The standard InChI is InChI=1S/C47H22F5N7/c48-43-42(44(49)46(51)47(52)45(43)50)41-36-19-17-34(58-36)39(28-9-3-25(22-54)4-10-28)32-15-13-30(56-32)38(27-7-1-24(21-53)2-8-27)31-14-16-33(57-31)40(35-18-20-37(41)59-35)29-11-5-26(23-55)6-12-29/h1-20,56,59H. The molecule has 8 bridgehead atoms. The fourth-order valence-corrected chi connectivity index (χ4v) is 7.34. The lowest BCUT2D eigenvalue weighted by Gasteiger charge is -2.10. The minimum absolute atomic E-state index is 0.0233. The first-order valence-electron chi connectivity index (χ1n) is 17.9. The molecule has 4 aromatic carbocycles. The second-order valence-corrected chi connectivity index (χ2v) is 13.5. The van der Waals surface area contributed by atoms with Gasteiger partial charge in [-0.2, -0.15) is 15.8 Å². The van der Waals surface area contributed by atoms with Crippen molar-refractivity contribution in [3.63, 3.8) is 0 Å². The van der Waals surface area contributed by atoms with E-state index in [0.29, 0.717) is 72.4 Å². The molecular weight excluding hydrogens is 758 g/mol. The second-order valence-electron chi connectivity index (χ2n) is 13.5. The fraction of sp³-hybridized carbons (Fsp3) is 0. The number of aromatic amines is 2. The van der Waals surface area contributed by atoms with E-state index in [1.165, 1.54) is 12.1 Å². The predicted octanol–water partition coefficient (Wildman–Crippen LogP) is 11.6. The van der Waals surface area contributed by atoms with Gasteiger partial charge in [0.25, 0.3) is 0 Å². The van der Waals surface area contributed by atoms with Crippen LogP contribution in [0.15, 0.2) is 97.1 Å². The van der Waals surface area contributed by atoms with Gasteiger partial charge in [-0.1, -0.05) is 36.4 Å². The first-order valence-corrected chi connectivity index (χ1v) is 17.9. The molecule has 59 heavy (non-hydrogen) atoms. The number of benzene rings is 4. The molecule has 2 aliphatic rings. The first kappa shape index (κ1) is 36.3. The Labute approximate surface area is 331 Å². The number of hydrogen-bond donors (Lipinski definition) is 2. The minimum Gasteiger partial charge on any atom is -0.354 e. The molecule has 0 aliphatic carbocycles. The Kier molecular flexibility index (Phi) is 8.77. The van der Waals surface area contributed by atoms with Gasteiger partial charge in [-0.05, 0) is 102 Å². The molecule has 0 amide bonds. The molecular formula is C47H22F5N7. The van der Waals surface area contributed by atoms with Crippen LogP contribution < -0.4 is 0 Å². The summed E-state index contributed by atoms with van der Waals surface area (Å²) in [5.74, 6) is -10.6. The molecule has 0 saturated heterocycles. The van der Waals surface area contributed by atoms with Gasteiger partial charge < -0.3 is 9.97 Å². The number of nitrogens with one attached hydrogen (secondary N) is 2. The van der Waals surface area contributed by atoms with Gasteiger partial charge in [-0.15, -0.1) is 0 Å². The number of fused-ring (bicyclic) bond motifs is 8. The summed E-state index contributed by atoms with van der Waals surface area (Å²) in [7, 11) is 0. The Morgan fingerprint density at radius 2 is 0.610 bits per heavy atom. The van der Waals surface area contributed by atoms with Crippen LogP contribution in [0.3, 0.4) is 0 Å². The van der Waals surface area contributed by atoms with Crippen molar-refractivity contribution in [2.75, 3.05) is 0 Å². The van der Waals surface area contributed by atoms with E-state index in [0.717, 1.165) is 5.56 Å². The lowest BCUT2D eigenvalue weighted by atomic mass is 10.0. The van der Waals surface area contributed by atoms with E-state index in [9.17, 15) is 29.0 Å². The maximum absolute atomic E-state index is 15.9. The molecule has 0 fully saturated rings. The quantitative estimate of drug-likeness (QED) is 0.104. The Bertz CT molecular complexity index is 3200. The SMILES string of the molecule is N#Cc1ccc(-c2c3nc(c(-c4ccc(C#N)cc4)c4ccc([nH]4)c(-c4c(F)c(F)c(F)c(F)c4F)c4nc(c(-c5ccc(C#N)cc5)c5ccc2[nH]5)C=C4)C=C3)cc1. The van der Waals surface area contributed by atoms with Gasteiger partial charge in [-0.25, -0.2) is 31.9 Å². The zero-order chi connectivity index (χ0) is 40.9. The van der Waals surface area contributed by atoms with Crippen LogP contribution in [-0.2, 0) is 0 Å². The summed E-state index contributed by atoms with van der Waals surface area (Å²) in [5.41, 5.74) is 5.89. The highest BCUT2D eigenvalue weighted by molar-refractivity contribution is 6.00.